The van der Waals surface area contributed by atoms with E-state index in [0.29, 0.717) is 32.3 Å². The van der Waals surface area contributed by atoms with Gasteiger partial charge in [-0.15, -0.1) is 0 Å². The van der Waals surface area contributed by atoms with Crippen LogP contribution in [-0.2, 0) is 14.3 Å². The fraction of sp³-hybridized carbons (Fsp3) is 0.804. The van der Waals surface area contributed by atoms with Crippen molar-refractivity contribution in [1.82, 2.24) is 5.32 Å². The Bertz CT molecular complexity index is 973. The summed E-state index contributed by atoms with van der Waals surface area (Å²) in [7, 11) is 0. The summed E-state index contributed by atoms with van der Waals surface area (Å²) in [6.45, 7) is 4.83. The van der Waals surface area contributed by atoms with Gasteiger partial charge in [-0.05, 0) is 77.0 Å². The number of unbranched alkanes of at least 4 members (excludes halogenated alkanes) is 25. The summed E-state index contributed by atoms with van der Waals surface area (Å²) in [6.07, 6.45) is 56.6. The summed E-state index contributed by atoms with van der Waals surface area (Å²) >= 11 is 0. The number of carbonyl (C=O) groups excluding carboxylic acids is 2. The SMILES string of the molecule is CCCCCC/C=C\C/C=C\CCCCCCCCCC(=O)OCCCCCCCC/C=C\C/C=C\CCC(=O)NC(CO)C(O)CCCCCCCCCCC. The van der Waals surface area contributed by atoms with Crippen molar-refractivity contribution in [2.75, 3.05) is 13.2 Å². The van der Waals surface area contributed by atoms with Gasteiger partial charge in [0.05, 0.1) is 25.4 Å². The van der Waals surface area contributed by atoms with Crippen molar-refractivity contribution in [3.63, 3.8) is 0 Å². The average Bonchev–Trinajstić information content (AvgIpc) is 3.21. The molecule has 0 saturated carbocycles. The zero-order chi connectivity index (χ0) is 41.5. The number of rotatable bonds is 44. The molecular formula is C51H93NO5. The molecule has 1 amide bonds. The van der Waals surface area contributed by atoms with Crippen LogP contribution < -0.4 is 5.32 Å². The number of aliphatic hydroxyl groups excluding tert-OH is 2. The standard InChI is InChI=1S/C51H93NO5/c1-3-5-7-9-11-13-14-15-16-17-18-19-22-25-29-33-37-41-45-51(56)57-46-42-38-34-30-26-23-20-21-24-28-32-36-40-44-50(55)52-48(47-53)49(54)43-39-35-31-27-12-10-8-6-4-2/h13-14,16-17,21,24,32,36,48-49,53-54H,3-12,15,18-20,22-23,25-31,33-35,37-47H2,1-2H3,(H,52,55)/b14-13-,17-16-,24-21-,36-32-. The molecule has 0 heterocycles. The highest BCUT2D eigenvalue weighted by atomic mass is 16.5. The van der Waals surface area contributed by atoms with E-state index in [2.05, 4.69) is 61.7 Å². The third kappa shape index (κ3) is 43.2. The van der Waals surface area contributed by atoms with Gasteiger partial charge in [0.25, 0.3) is 0 Å². The maximum atomic E-state index is 12.3. The Morgan fingerprint density at radius 1 is 0.491 bits per heavy atom. The Morgan fingerprint density at radius 2 is 0.895 bits per heavy atom. The van der Waals surface area contributed by atoms with E-state index in [0.717, 1.165) is 57.8 Å². The maximum Gasteiger partial charge on any atom is 0.305 e. The maximum absolute atomic E-state index is 12.3. The van der Waals surface area contributed by atoms with Crippen LogP contribution >= 0.6 is 0 Å². The normalized spacial score (nSPS) is 13.1. The lowest BCUT2D eigenvalue weighted by Gasteiger charge is -2.22. The van der Waals surface area contributed by atoms with E-state index >= 15 is 0 Å². The zero-order valence-corrected chi connectivity index (χ0v) is 37.6. The second-order valence-electron chi connectivity index (χ2n) is 16.4. The van der Waals surface area contributed by atoms with Gasteiger partial charge in [0, 0.05) is 12.8 Å². The van der Waals surface area contributed by atoms with Gasteiger partial charge in [-0.2, -0.15) is 0 Å². The number of hydrogen-bond acceptors (Lipinski definition) is 5. The van der Waals surface area contributed by atoms with E-state index < -0.39 is 12.1 Å². The molecule has 6 nitrogen and oxygen atoms in total. The summed E-state index contributed by atoms with van der Waals surface area (Å²) in [5.74, 6) is -0.146. The van der Waals surface area contributed by atoms with Gasteiger partial charge < -0.3 is 20.3 Å². The van der Waals surface area contributed by atoms with E-state index in [4.69, 9.17) is 4.74 Å². The van der Waals surface area contributed by atoms with E-state index in [1.807, 2.05) is 6.08 Å². The van der Waals surface area contributed by atoms with Crippen LogP contribution in [0.3, 0.4) is 0 Å². The molecule has 0 rings (SSSR count). The van der Waals surface area contributed by atoms with Crippen molar-refractivity contribution in [3.8, 4) is 0 Å². The predicted octanol–water partition coefficient (Wildman–Crippen LogP) is 14.3. The average molecular weight is 800 g/mol. The first-order valence-electron chi connectivity index (χ1n) is 24.4. The van der Waals surface area contributed by atoms with Crippen molar-refractivity contribution in [2.24, 2.45) is 0 Å². The number of hydrogen-bond donors (Lipinski definition) is 3. The monoisotopic (exact) mass is 800 g/mol. The Morgan fingerprint density at radius 3 is 1.39 bits per heavy atom. The molecule has 3 N–H and O–H groups in total. The summed E-state index contributed by atoms with van der Waals surface area (Å²) in [6, 6.07) is -0.584. The zero-order valence-electron chi connectivity index (χ0n) is 37.6. The minimum absolute atomic E-state index is 0.0257. The molecule has 0 aromatic rings. The fourth-order valence-corrected chi connectivity index (χ4v) is 7.07. The number of carbonyl (C=O) groups is 2. The van der Waals surface area contributed by atoms with Crippen LogP contribution in [0.1, 0.15) is 239 Å². The van der Waals surface area contributed by atoms with Crippen LogP contribution in [0.2, 0.25) is 0 Å². The topological polar surface area (TPSA) is 95.9 Å². The summed E-state index contributed by atoms with van der Waals surface area (Å²) < 4.78 is 5.45. The molecule has 0 bridgehead atoms. The molecule has 57 heavy (non-hydrogen) atoms. The number of nitrogens with one attached hydrogen (secondary N) is 1. The van der Waals surface area contributed by atoms with Crippen LogP contribution in [0.25, 0.3) is 0 Å². The molecule has 0 fully saturated rings. The van der Waals surface area contributed by atoms with E-state index in [-0.39, 0.29) is 18.5 Å². The van der Waals surface area contributed by atoms with Crippen molar-refractivity contribution in [3.05, 3.63) is 48.6 Å². The highest BCUT2D eigenvalue weighted by Gasteiger charge is 2.19. The molecule has 0 aliphatic carbocycles. The predicted molar refractivity (Wildman–Crippen MR) is 245 cm³/mol. The highest BCUT2D eigenvalue weighted by molar-refractivity contribution is 5.76. The summed E-state index contributed by atoms with van der Waals surface area (Å²) in [4.78, 5) is 24.4. The fourth-order valence-electron chi connectivity index (χ4n) is 7.07. The first-order chi connectivity index (χ1) is 28.0. The molecule has 0 saturated heterocycles. The smallest absolute Gasteiger partial charge is 0.305 e. The van der Waals surface area contributed by atoms with E-state index in [1.165, 1.54) is 141 Å². The Labute approximate surface area is 353 Å². The highest BCUT2D eigenvalue weighted by Crippen LogP contribution is 2.14. The molecule has 0 aliphatic heterocycles. The second kappa shape index (κ2) is 46.5. The minimum atomic E-state index is -0.698. The van der Waals surface area contributed by atoms with Gasteiger partial charge in [-0.25, -0.2) is 0 Å². The first-order valence-corrected chi connectivity index (χ1v) is 24.4. The van der Waals surface area contributed by atoms with E-state index in [9.17, 15) is 19.8 Å². The van der Waals surface area contributed by atoms with Gasteiger partial charge in [0.2, 0.25) is 5.91 Å². The largest absolute Gasteiger partial charge is 0.466 e. The lowest BCUT2D eigenvalue weighted by atomic mass is 10.0. The Hall–Kier alpha value is -2.18. The first kappa shape index (κ1) is 54.8. The van der Waals surface area contributed by atoms with Crippen LogP contribution in [-0.4, -0.2) is 47.4 Å². The molecule has 0 aromatic heterocycles. The molecule has 2 atom stereocenters. The molecule has 0 aromatic carbocycles. The van der Waals surface area contributed by atoms with Crippen molar-refractivity contribution >= 4 is 11.9 Å². The van der Waals surface area contributed by atoms with Gasteiger partial charge in [0.1, 0.15) is 0 Å². The van der Waals surface area contributed by atoms with Crippen molar-refractivity contribution in [1.29, 1.82) is 0 Å². The minimum Gasteiger partial charge on any atom is -0.466 e. The number of allylic oxidation sites excluding steroid dienone is 8. The molecule has 2 unspecified atom stereocenters. The van der Waals surface area contributed by atoms with Gasteiger partial charge in [-0.1, -0.05) is 197 Å². The third-order valence-corrected chi connectivity index (χ3v) is 10.9. The van der Waals surface area contributed by atoms with E-state index in [1.54, 1.807) is 0 Å². The number of ether oxygens (including phenoxy) is 1. The quantitative estimate of drug-likeness (QED) is 0.0324. The van der Waals surface area contributed by atoms with Crippen LogP contribution in [0.4, 0.5) is 0 Å². The number of aliphatic hydroxyl groups is 2. The lowest BCUT2D eigenvalue weighted by molar-refractivity contribution is -0.143. The molecule has 0 aliphatic rings. The summed E-state index contributed by atoms with van der Waals surface area (Å²) in [5.41, 5.74) is 0. The third-order valence-electron chi connectivity index (χ3n) is 10.9. The van der Waals surface area contributed by atoms with Crippen LogP contribution in [0.15, 0.2) is 48.6 Å². The lowest BCUT2D eigenvalue weighted by Crippen LogP contribution is -2.45. The van der Waals surface area contributed by atoms with Crippen molar-refractivity contribution in [2.45, 2.75) is 251 Å². The van der Waals surface area contributed by atoms with Crippen molar-refractivity contribution < 1.29 is 24.5 Å². The van der Waals surface area contributed by atoms with Gasteiger partial charge in [0.15, 0.2) is 0 Å². The Balaban J connectivity index is 3.53. The molecular weight excluding hydrogens is 707 g/mol. The van der Waals surface area contributed by atoms with Crippen LogP contribution in [0.5, 0.6) is 0 Å². The molecule has 332 valence electrons. The van der Waals surface area contributed by atoms with Gasteiger partial charge in [-0.3, -0.25) is 9.59 Å². The second-order valence-corrected chi connectivity index (χ2v) is 16.4. The molecule has 6 heteroatoms. The summed E-state index contributed by atoms with van der Waals surface area (Å²) in [5, 5.41) is 23.0. The Kier molecular flexibility index (Phi) is 44.7. The van der Waals surface area contributed by atoms with Gasteiger partial charge >= 0.3 is 5.97 Å². The molecule has 0 spiro atoms. The van der Waals surface area contributed by atoms with Crippen LogP contribution in [0, 0.1) is 0 Å². The molecule has 0 radical (unpaired) electrons. The number of esters is 1. The number of amides is 1.